The van der Waals surface area contributed by atoms with Crippen molar-refractivity contribution in [3.8, 4) is 11.5 Å². The monoisotopic (exact) mass is 433 g/mol. The van der Waals surface area contributed by atoms with Crippen LogP contribution in [0.25, 0.3) is 0 Å². The van der Waals surface area contributed by atoms with Gasteiger partial charge in [-0.3, -0.25) is 14.5 Å². The first-order valence-electron chi connectivity index (χ1n) is 11.2. The average molecular weight is 434 g/mol. The van der Waals surface area contributed by atoms with Gasteiger partial charge < -0.3 is 9.47 Å². The van der Waals surface area contributed by atoms with E-state index in [1.165, 1.54) is 0 Å². The van der Waals surface area contributed by atoms with Crippen LogP contribution < -0.4 is 14.4 Å². The molecule has 168 valence electrons. The Morgan fingerprint density at radius 1 is 1.03 bits per heavy atom. The Balaban J connectivity index is 1.95. The zero-order valence-electron chi connectivity index (χ0n) is 19.5. The zero-order valence-corrected chi connectivity index (χ0v) is 19.5. The first kappa shape index (κ1) is 22.1. The van der Waals surface area contributed by atoms with Crippen molar-refractivity contribution in [2.75, 3.05) is 19.1 Å². The van der Waals surface area contributed by atoms with Gasteiger partial charge in [0.1, 0.15) is 11.5 Å². The summed E-state index contributed by atoms with van der Waals surface area (Å²) in [5.41, 5.74) is 4.16. The van der Waals surface area contributed by atoms with E-state index in [2.05, 4.69) is 26.8 Å². The molecule has 0 spiro atoms. The molecule has 0 aromatic heterocycles. The zero-order chi connectivity index (χ0) is 23.0. The first-order valence-corrected chi connectivity index (χ1v) is 11.2. The van der Waals surface area contributed by atoms with Crippen molar-refractivity contribution in [1.29, 1.82) is 0 Å². The Bertz CT molecular complexity index is 1100. The summed E-state index contributed by atoms with van der Waals surface area (Å²) >= 11 is 0. The second-order valence-electron chi connectivity index (χ2n) is 9.38. The minimum Gasteiger partial charge on any atom is -0.497 e. The van der Waals surface area contributed by atoms with E-state index in [1.54, 1.807) is 14.2 Å². The van der Waals surface area contributed by atoms with Crippen LogP contribution in [0, 0.1) is 5.41 Å². The van der Waals surface area contributed by atoms with Crippen LogP contribution in [-0.2, 0) is 16.0 Å². The number of rotatable bonds is 5. The molecule has 1 heterocycles. The van der Waals surface area contributed by atoms with Gasteiger partial charge in [0, 0.05) is 35.6 Å². The van der Waals surface area contributed by atoms with Gasteiger partial charge in [-0.05, 0) is 48.1 Å². The van der Waals surface area contributed by atoms with Crippen molar-refractivity contribution >= 4 is 17.4 Å². The minimum absolute atomic E-state index is 0.00465. The topological polar surface area (TPSA) is 55.8 Å². The molecule has 0 saturated heterocycles. The number of para-hydroxylation sites is 1. The summed E-state index contributed by atoms with van der Waals surface area (Å²) in [5.74, 6) is 1.10. The number of ketones is 1. The predicted molar refractivity (Wildman–Crippen MR) is 125 cm³/mol. The number of carbonyl (C=O) groups excluding carboxylic acids is 2. The molecule has 2 aromatic carbocycles. The molecule has 1 amide bonds. The van der Waals surface area contributed by atoms with E-state index in [0.29, 0.717) is 24.3 Å². The van der Waals surface area contributed by atoms with E-state index < -0.39 is 0 Å². The number of allylic oxidation sites excluding steroid dienone is 2. The first-order chi connectivity index (χ1) is 15.3. The molecule has 5 nitrogen and oxygen atoms in total. The third kappa shape index (κ3) is 3.81. The average Bonchev–Trinajstić information content (AvgIpc) is 2.77. The lowest BCUT2D eigenvalue weighted by Gasteiger charge is -2.43. The Labute approximate surface area is 190 Å². The van der Waals surface area contributed by atoms with E-state index in [0.717, 1.165) is 34.5 Å². The molecule has 1 aliphatic carbocycles. The molecule has 2 aliphatic rings. The summed E-state index contributed by atoms with van der Waals surface area (Å²) < 4.78 is 11.1. The quantitative estimate of drug-likeness (QED) is 0.631. The highest BCUT2D eigenvalue weighted by atomic mass is 16.5. The van der Waals surface area contributed by atoms with Gasteiger partial charge in [0.25, 0.3) is 0 Å². The van der Waals surface area contributed by atoms with Crippen LogP contribution in [0.15, 0.2) is 53.7 Å². The van der Waals surface area contributed by atoms with Crippen molar-refractivity contribution in [3.63, 3.8) is 0 Å². The number of amides is 1. The van der Waals surface area contributed by atoms with Crippen LogP contribution >= 0.6 is 0 Å². The highest BCUT2D eigenvalue weighted by Crippen LogP contribution is 2.50. The van der Waals surface area contributed by atoms with Crippen LogP contribution in [0.5, 0.6) is 11.5 Å². The SMILES string of the molecule is CCc1ccccc1N1C(=O)CC(c2cc(OC)ccc2OC)C2=C1CC(C)(C)CC2=O. The van der Waals surface area contributed by atoms with Crippen LogP contribution in [0.4, 0.5) is 5.69 Å². The van der Waals surface area contributed by atoms with E-state index in [9.17, 15) is 9.59 Å². The summed E-state index contributed by atoms with van der Waals surface area (Å²) in [7, 11) is 3.22. The molecule has 0 saturated carbocycles. The van der Waals surface area contributed by atoms with E-state index >= 15 is 0 Å². The number of benzene rings is 2. The minimum atomic E-state index is -0.351. The van der Waals surface area contributed by atoms with Crippen LogP contribution in [0.2, 0.25) is 0 Å². The lowest BCUT2D eigenvalue weighted by atomic mass is 9.69. The normalized spacial score (nSPS) is 20.3. The molecule has 0 radical (unpaired) electrons. The fourth-order valence-electron chi connectivity index (χ4n) is 5.10. The number of hydrogen-bond donors (Lipinski definition) is 0. The highest BCUT2D eigenvalue weighted by Gasteiger charge is 2.45. The molecule has 0 N–H and O–H groups in total. The largest absolute Gasteiger partial charge is 0.497 e. The van der Waals surface area contributed by atoms with Gasteiger partial charge in [0.05, 0.1) is 19.9 Å². The predicted octanol–water partition coefficient (Wildman–Crippen LogP) is 5.43. The third-order valence-corrected chi connectivity index (χ3v) is 6.57. The molecule has 5 heteroatoms. The lowest BCUT2D eigenvalue weighted by Crippen LogP contribution is -2.44. The summed E-state index contributed by atoms with van der Waals surface area (Å²) in [6.07, 6.45) is 2.16. The van der Waals surface area contributed by atoms with Gasteiger partial charge in [-0.2, -0.15) is 0 Å². The van der Waals surface area contributed by atoms with Crippen molar-refractivity contribution in [3.05, 3.63) is 64.9 Å². The van der Waals surface area contributed by atoms with Gasteiger partial charge >= 0.3 is 0 Å². The number of methoxy groups -OCH3 is 2. The number of carbonyl (C=O) groups is 2. The lowest BCUT2D eigenvalue weighted by molar-refractivity contribution is -0.121. The maximum absolute atomic E-state index is 13.7. The fourth-order valence-corrected chi connectivity index (χ4v) is 5.10. The summed E-state index contributed by atoms with van der Waals surface area (Å²) in [6.45, 7) is 6.28. The standard InChI is InChI=1S/C27H31NO4/c1-6-17-9-7-8-10-21(17)28-22-15-27(2,3)16-23(29)26(22)20(14-25(28)30)19-13-18(31-4)11-12-24(19)32-5/h7-13,20H,6,14-16H2,1-5H3. The second-order valence-corrected chi connectivity index (χ2v) is 9.38. The van der Waals surface area contributed by atoms with E-state index in [4.69, 9.17) is 9.47 Å². The molecule has 2 aromatic rings. The Morgan fingerprint density at radius 3 is 2.47 bits per heavy atom. The number of Topliss-reactive ketones (excluding diaryl/α,β-unsaturated/α-hetero) is 1. The Kier molecular flexibility index (Phi) is 5.85. The third-order valence-electron chi connectivity index (χ3n) is 6.57. The number of ether oxygens (including phenoxy) is 2. The summed E-state index contributed by atoms with van der Waals surface area (Å²) in [4.78, 5) is 29.0. The molecular weight excluding hydrogens is 402 g/mol. The van der Waals surface area contributed by atoms with Gasteiger partial charge in [-0.25, -0.2) is 0 Å². The van der Waals surface area contributed by atoms with Crippen molar-refractivity contribution in [2.24, 2.45) is 5.41 Å². The van der Waals surface area contributed by atoms with Crippen molar-refractivity contribution in [1.82, 2.24) is 0 Å². The summed E-state index contributed by atoms with van der Waals surface area (Å²) in [5, 5.41) is 0. The highest BCUT2D eigenvalue weighted by molar-refractivity contribution is 6.08. The van der Waals surface area contributed by atoms with Gasteiger partial charge in [0.2, 0.25) is 5.91 Å². The smallest absolute Gasteiger partial charge is 0.232 e. The number of hydrogen-bond acceptors (Lipinski definition) is 4. The molecule has 0 bridgehead atoms. The maximum Gasteiger partial charge on any atom is 0.232 e. The molecule has 0 fully saturated rings. The van der Waals surface area contributed by atoms with Crippen LogP contribution in [-0.4, -0.2) is 25.9 Å². The van der Waals surface area contributed by atoms with Gasteiger partial charge in [-0.1, -0.05) is 39.0 Å². The van der Waals surface area contributed by atoms with Gasteiger partial charge in [0.15, 0.2) is 5.78 Å². The molecular formula is C27H31NO4. The number of anilines is 1. The molecule has 1 aliphatic heterocycles. The number of nitrogens with zero attached hydrogens (tertiary/aromatic N) is 1. The maximum atomic E-state index is 13.7. The van der Waals surface area contributed by atoms with Crippen LogP contribution in [0.3, 0.4) is 0 Å². The second kappa shape index (κ2) is 8.45. The summed E-state index contributed by atoms with van der Waals surface area (Å²) in [6, 6.07) is 13.5. The van der Waals surface area contributed by atoms with Crippen molar-refractivity contribution in [2.45, 2.75) is 52.4 Å². The molecule has 1 unspecified atom stereocenters. The molecule has 32 heavy (non-hydrogen) atoms. The number of aryl methyl sites for hydroxylation is 1. The van der Waals surface area contributed by atoms with Crippen LogP contribution in [0.1, 0.15) is 57.1 Å². The van der Waals surface area contributed by atoms with Gasteiger partial charge in [-0.15, -0.1) is 0 Å². The van der Waals surface area contributed by atoms with E-state index in [1.807, 2.05) is 41.3 Å². The van der Waals surface area contributed by atoms with E-state index in [-0.39, 0.29) is 29.4 Å². The fraction of sp³-hybridized carbons (Fsp3) is 0.407. The Hall–Kier alpha value is -3.08. The Morgan fingerprint density at radius 2 is 1.78 bits per heavy atom. The van der Waals surface area contributed by atoms with Crippen molar-refractivity contribution < 1.29 is 19.1 Å². The molecule has 4 rings (SSSR count). The molecule has 1 atom stereocenters.